The van der Waals surface area contributed by atoms with E-state index in [-0.39, 0.29) is 24.2 Å². The van der Waals surface area contributed by atoms with Crippen LogP contribution in [0.15, 0.2) is 72.8 Å². The highest BCUT2D eigenvalue weighted by molar-refractivity contribution is 6.30. The van der Waals surface area contributed by atoms with Gasteiger partial charge >= 0.3 is 6.09 Å². The van der Waals surface area contributed by atoms with Crippen molar-refractivity contribution in [2.75, 3.05) is 13.1 Å². The number of carbonyl (C=O) groups is 1. The molecule has 1 aliphatic heterocycles. The number of amides is 1. The van der Waals surface area contributed by atoms with Gasteiger partial charge in [-0.15, -0.1) is 0 Å². The second-order valence-corrected chi connectivity index (χ2v) is 9.20. The Kier molecular flexibility index (Phi) is 8.06. The highest BCUT2D eigenvalue weighted by atomic mass is 35.5. The molecule has 0 unspecified atom stereocenters. The van der Waals surface area contributed by atoms with Crippen LogP contribution in [0.1, 0.15) is 16.7 Å². The van der Waals surface area contributed by atoms with Gasteiger partial charge in [0.15, 0.2) is 0 Å². The normalized spacial score (nSPS) is 17.9. The minimum atomic E-state index is -0.784. The summed E-state index contributed by atoms with van der Waals surface area (Å²) in [5.74, 6) is -0.497. The lowest BCUT2D eigenvalue weighted by atomic mass is 10.1. The first-order valence-corrected chi connectivity index (χ1v) is 11.7. The van der Waals surface area contributed by atoms with Crippen molar-refractivity contribution in [2.24, 2.45) is 0 Å². The topological polar surface area (TPSA) is 53.0 Å². The molecule has 1 saturated heterocycles. The van der Waals surface area contributed by atoms with E-state index >= 15 is 0 Å². The van der Waals surface area contributed by atoms with Gasteiger partial charge in [0.25, 0.3) is 0 Å². The molecule has 3 aromatic rings. The number of hydrogen-bond donors (Lipinski definition) is 1. The molecule has 34 heavy (non-hydrogen) atoms. The number of ether oxygens (including phenoxy) is 1. The van der Waals surface area contributed by atoms with E-state index in [4.69, 9.17) is 27.9 Å². The molecule has 0 spiro atoms. The summed E-state index contributed by atoms with van der Waals surface area (Å²) in [5.41, 5.74) is 2.59. The molecule has 0 saturated carbocycles. The van der Waals surface area contributed by atoms with Crippen molar-refractivity contribution < 1.29 is 19.0 Å². The van der Waals surface area contributed by atoms with Crippen LogP contribution in [-0.2, 0) is 24.4 Å². The highest BCUT2D eigenvalue weighted by Gasteiger charge is 2.38. The number of carbonyl (C=O) groups excluding carboxylic acids is 1. The molecule has 178 valence electrons. The Morgan fingerprint density at radius 2 is 1.65 bits per heavy atom. The van der Waals surface area contributed by atoms with Gasteiger partial charge in [0.05, 0.1) is 23.7 Å². The van der Waals surface area contributed by atoms with E-state index in [1.807, 2.05) is 47.4 Å². The molecule has 1 aliphatic rings. The summed E-state index contributed by atoms with van der Waals surface area (Å²) < 4.78 is 19.5. The number of hydrogen-bond acceptors (Lipinski definition) is 4. The van der Waals surface area contributed by atoms with Gasteiger partial charge in [-0.1, -0.05) is 71.7 Å². The van der Waals surface area contributed by atoms with Gasteiger partial charge in [-0.3, -0.25) is 4.90 Å². The van der Waals surface area contributed by atoms with E-state index in [0.29, 0.717) is 30.2 Å². The molecule has 0 aliphatic carbocycles. The van der Waals surface area contributed by atoms with Gasteiger partial charge in [0, 0.05) is 24.7 Å². The molecule has 3 aromatic carbocycles. The molecule has 8 heteroatoms. The molecule has 4 rings (SSSR count). The van der Waals surface area contributed by atoms with Crippen molar-refractivity contribution in [3.8, 4) is 0 Å². The quantitative estimate of drug-likeness (QED) is 0.462. The van der Waals surface area contributed by atoms with Crippen molar-refractivity contribution in [3.63, 3.8) is 0 Å². The van der Waals surface area contributed by atoms with Crippen molar-refractivity contribution >= 4 is 29.3 Å². The van der Waals surface area contributed by atoms with Gasteiger partial charge in [0.2, 0.25) is 0 Å². The molecule has 0 radical (unpaired) electrons. The van der Waals surface area contributed by atoms with Crippen LogP contribution in [0.2, 0.25) is 10.0 Å². The first-order chi connectivity index (χ1) is 16.4. The van der Waals surface area contributed by atoms with Crippen LogP contribution in [-0.4, -0.2) is 46.2 Å². The second-order valence-electron chi connectivity index (χ2n) is 8.36. The Labute approximate surface area is 208 Å². The van der Waals surface area contributed by atoms with Crippen molar-refractivity contribution in [1.29, 1.82) is 0 Å². The zero-order valence-corrected chi connectivity index (χ0v) is 19.9. The number of aliphatic hydroxyl groups excluding tert-OH is 1. The average molecular weight is 503 g/mol. The molecule has 1 heterocycles. The second kappa shape index (κ2) is 11.2. The van der Waals surface area contributed by atoms with Gasteiger partial charge in [0.1, 0.15) is 12.4 Å². The molecule has 1 N–H and O–H groups in total. The molecule has 0 aromatic heterocycles. The fourth-order valence-electron chi connectivity index (χ4n) is 4.08. The predicted molar refractivity (Wildman–Crippen MR) is 130 cm³/mol. The molecular weight excluding hydrogens is 478 g/mol. The Bertz CT molecular complexity index is 1110. The largest absolute Gasteiger partial charge is 0.445 e. The fraction of sp³-hybridized carbons (Fsp3) is 0.269. The predicted octanol–water partition coefficient (Wildman–Crippen LogP) is 5.52. The molecular formula is C26H25Cl2FN2O3. The maximum absolute atomic E-state index is 14.1. The van der Waals surface area contributed by atoms with E-state index < -0.39 is 18.0 Å². The van der Waals surface area contributed by atoms with Crippen LogP contribution < -0.4 is 0 Å². The van der Waals surface area contributed by atoms with Crippen LogP contribution in [0.25, 0.3) is 0 Å². The van der Waals surface area contributed by atoms with E-state index in [2.05, 4.69) is 0 Å². The summed E-state index contributed by atoms with van der Waals surface area (Å²) in [6, 6.07) is 21.2. The molecule has 1 amide bonds. The van der Waals surface area contributed by atoms with Gasteiger partial charge in [-0.05, 0) is 41.0 Å². The first-order valence-electron chi connectivity index (χ1n) is 10.9. The molecule has 2 atom stereocenters. The smallest absolute Gasteiger partial charge is 0.410 e. The fourth-order valence-corrected chi connectivity index (χ4v) is 4.32. The summed E-state index contributed by atoms with van der Waals surface area (Å²) in [6.45, 7) is 1.46. The maximum Gasteiger partial charge on any atom is 0.410 e. The Morgan fingerprint density at radius 3 is 2.35 bits per heavy atom. The summed E-state index contributed by atoms with van der Waals surface area (Å²) in [7, 11) is 0. The third-order valence-corrected chi connectivity index (χ3v) is 6.42. The first kappa shape index (κ1) is 24.5. The Hall–Kier alpha value is -2.64. The van der Waals surface area contributed by atoms with E-state index in [1.165, 1.54) is 17.0 Å². The number of β-amino-alcohol motifs (C(OH)–C–C–N with tert-alkyl or cyclic N) is 1. The Morgan fingerprint density at radius 1 is 0.971 bits per heavy atom. The van der Waals surface area contributed by atoms with Crippen LogP contribution in [0.4, 0.5) is 9.18 Å². The standard InChI is InChI=1S/C26H25Cl2FN2O3/c27-21-9-6-18(7-10-21)13-30(14-20-8-11-22(28)23(29)12-20)24-15-31(16-25(24)32)26(33)34-17-19-4-2-1-3-5-19/h1-12,24-25,32H,13-17H2/t24-,25-/m1/s1. The number of nitrogens with zero attached hydrogens (tertiary/aromatic N) is 2. The van der Waals surface area contributed by atoms with E-state index in [1.54, 1.807) is 18.2 Å². The Balaban J connectivity index is 1.48. The lowest BCUT2D eigenvalue weighted by Gasteiger charge is -2.31. The van der Waals surface area contributed by atoms with Crippen LogP contribution in [0.3, 0.4) is 0 Å². The summed E-state index contributed by atoms with van der Waals surface area (Å²) in [4.78, 5) is 16.2. The third kappa shape index (κ3) is 6.27. The lowest BCUT2D eigenvalue weighted by Crippen LogP contribution is -2.42. The van der Waals surface area contributed by atoms with Crippen LogP contribution in [0, 0.1) is 5.82 Å². The highest BCUT2D eigenvalue weighted by Crippen LogP contribution is 2.24. The third-order valence-electron chi connectivity index (χ3n) is 5.86. The van der Waals surface area contributed by atoms with Crippen LogP contribution in [0.5, 0.6) is 0 Å². The summed E-state index contributed by atoms with van der Waals surface area (Å²) >= 11 is 11.9. The van der Waals surface area contributed by atoms with Crippen molar-refractivity contribution in [2.45, 2.75) is 31.8 Å². The van der Waals surface area contributed by atoms with Crippen molar-refractivity contribution in [1.82, 2.24) is 9.80 Å². The molecule has 1 fully saturated rings. The number of benzene rings is 3. The summed E-state index contributed by atoms with van der Waals surface area (Å²) in [6.07, 6.45) is -1.26. The number of halogens is 3. The van der Waals surface area contributed by atoms with E-state index in [0.717, 1.165) is 11.1 Å². The monoisotopic (exact) mass is 502 g/mol. The lowest BCUT2D eigenvalue weighted by molar-refractivity contribution is 0.0728. The number of aliphatic hydroxyl groups is 1. The zero-order chi connectivity index (χ0) is 24.1. The molecule has 0 bridgehead atoms. The maximum atomic E-state index is 14.1. The van der Waals surface area contributed by atoms with Gasteiger partial charge < -0.3 is 14.7 Å². The SMILES string of the molecule is O=C(OCc1ccccc1)N1C[C@@H](O)[C@H](N(Cc2ccc(Cl)cc2)Cc2ccc(Cl)c(F)c2)C1. The van der Waals surface area contributed by atoms with E-state index in [9.17, 15) is 14.3 Å². The van der Waals surface area contributed by atoms with Crippen LogP contribution >= 0.6 is 23.2 Å². The number of likely N-dealkylation sites (tertiary alicyclic amines) is 1. The van der Waals surface area contributed by atoms with Gasteiger partial charge in [-0.25, -0.2) is 9.18 Å². The minimum Gasteiger partial charge on any atom is -0.445 e. The minimum absolute atomic E-state index is 0.0567. The van der Waals surface area contributed by atoms with Gasteiger partial charge in [-0.2, -0.15) is 0 Å². The molecule has 5 nitrogen and oxygen atoms in total. The number of rotatable bonds is 7. The van der Waals surface area contributed by atoms with Crippen molar-refractivity contribution in [3.05, 3.63) is 105 Å². The summed E-state index contributed by atoms with van der Waals surface area (Å²) in [5, 5.41) is 11.5. The zero-order valence-electron chi connectivity index (χ0n) is 18.4. The average Bonchev–Trinajstić information content (AvgIpc) is 3.23.